The molecule has 0 N–H and O–H groups in total. The van der Waals surface area contributed by atoms with Gasteiger partial charge in [0.15, 0.2) is 0 Å². The van der Waals surface area contributed by atoms with E-state index in [0.717, 1.165) is 0 Å². The zero-order valence-corrected chi connectivity index (χ0v) is 12.8. The second kappa shape index (κ2) is 7.42. The van der Waals surface area contributed by atoms with E-state index in [9.17, 15) is 14.9 Å². The Bertz CT molecular complexity index is 755. The maximum absolute atomic E-state index is 11.8. The van der Waals surface area contributed by atoms with Gasteiger partial charge in [0.25, 0.3) is 5.69 Å². The Morgan fingerprint density at radius 3 is 2.52 bits per heavy atom. The van der Waals surface area contributed by atoms with Crippen LogP contribution in [0.1, 0.15) is 5.56 Å². The van der Waals surface area contributed by atoms with Gasteiger partial charge < -0.3 is 9.47 Å². The minimum Gasteiger partial charge on any atom is -0.463 e. The summed E-state index contributed by atoms with van der Waals surface area (Å²) in [5.41, 5.74) is 0.350. The minimum absolute atomic E-state index is 0.0885. The van der Waals surface area contributed by atoms with Crippen molar-refractivity contribution in [3.05, 3.63) is 75.0 Å². The predicted molar refractivity (Wildman–Crippen MR) is 85.2 cm³/mol. The van der Waals surface area contributed by atoms with Gasteiger partial charge in [0.05, 0.1) is 12.0 Å². The number of carbonyl (C=O) groups excluding carboxylic acids is 1. The molecule has 2 aromatic rings. The van der Waals surface area contributed by atoms with Crippen molar-refractivity contribution in [2.75, 3.05) is 7.11 Å². The van der Waals surface area contributed by atoms with Gasteiger partial charge in [-0.1, -0.05) is 23.7 Å². The number of ether oxygens (including phenoxy) is 2. The summed E-state index contributed by atoms with van der Waals surface area (Å²) < 4.78 is 10.2. The Balaban J connectivity index is 2.34. The lowest BCUT2D eigenvalue weighted by Gasteiger charge is -2.08. The molecular weight excluding hydrogens is 322 g/mol. The lowest BCUT2D eigenvalue weighted by atomic mass is 10.2. The molecule has 0 aliphatic carbocycles. The molecule has 0 saturated heterocycles. The van der Waals surface area contributed by atoms with Crippen LogP contribution in [0.25, 0.3) is 6.08 Å². The summed E-state index contributed by atoms with van der Waals surface area (Å²) >= 11 is 5.79. The minimum atomic E-state index is -0.702. The normalized spacial score (nSPS) is 11.0. The number of non-ortho nitro benzene ring substituents is 1. The zero-order valence-electron chi connectivity index (χ0n) is 12.1. The van der Waals surface area contributed by atoms with Crippen LogP contribution >= 0.6 is 11.6 Å². The standard InChI is InChI=1S/C16H12ClNO5/c1-22-16(19)15(23-14-7-5-12(17)6-8-14)10-11-3-2-4-13(9-11)18(20)21/h2-10H,1H3/b15-10-. The molecule has 0 atom stereocenters. The van der Waals surface area contributed by atoms with Crippen molar-refractivity contribution in [2.24, 2.45) is 0 Å². The van der Waals surface area contributed by atoms with Gasteiger partial charge in [0.2, 0.25) is 5.76 Å². The van der Waals surface area contributed by atoms with Crippen molar-refractivity contribution in [3.8, 4) is 5.75 Å². The third-order valence-corrected chi connectivity index (χ3v) is 3.06. The van der Waals surface area contributed by atoms with Crippen LogP contribution in [0, 0.1) is 10.1 Å². The molecule has 0 heterocycles. The van der Waals surface area contributed by atoms with Crippen molar-refractivity contribution < 1.29 is 19.2 Å². The summed E-state index contributed by atoms with van der Waals surface area (Å²) in [6, 6.07) is 12.2. The van der Waals surface area contributed by atoms with Crippen LogP contribution in [0.3, 0.4) is 0 Å². The molecule has 0 unspecified atom stereocenters. The first-order chi connectivity index (χ1) is 11.0. The maximum Gasteiger partial charge on any atom is 0.373 e. The summed E-state index contributed by atoms with van der Waals surface area (Å²) in [5.74, 6) is -0.418. The molecule has 0 aliphatic heterocycles. The van der Waals surface area contributed by atoms with Gasteiger partial charge in [-0.3, -0.25) is 10.1 Å². The summed E-state index contributed by atoms with van der Waals surface area (Å²) in [7, 11) is 1.22. The van der Waals surface area contributed by atoms with Crippen molar-refractivity contribution in [3.63, 3.8) is 0 Å². The molecule has 0 amide bonds. The lowest BCUT2D eigenvalue weighted by Crippen LogP contribution is -2.10. The van der Waals surface area contributed by atoms with E-state index in [2.05, 4.69) is 4.74 Å². The molecule has 0 aliphatic rings. The Morgan fingerprint density at radius 1 is 1.22 bits per heavy atom. The van der Waals surface area contributed by atoms with E-state index in [1.165, 1.54) is 31.4 Å². The average Bonchev–Trinajstić information content (AvgIpc) is 2.55. The van der Waals surface area contributed by atoms with Crippen LogP contribution in [-0.2, 0) is 9.53 Å². The molecular formula is C16H12ClNO5. The van der Waals surface area contributed by atoms with Gasteiger partial charge in [-0.2, -0.15) is 0 Å². The number of nitro benzene ring substituents is 1. The van der Waals surface area contributed by atoms with Crippen molar-refractivity contribution in [1.82, 2.24) is 0 Å². The lowest BCUT2D eigenvalue weighted by molar-refractivity contribution is -0.384. The highest BCUT2D eigenvalue weighted by atomic mass is 35.5. The van der Waals surface area contributed by atoms with Crippen LogP contribution in [0.4, 0.5) is 5.69 Å². The third kappa shape index (κ3) is 4.55. The molecule has 0 bridgehead atoms. The number of carbonyl (C=O) groups is 1. The summed E-state index contributed by atoms with van der Waals surface area (Å²) in [5, 5.41) is 11.3. The molecule has 0 saturated carbocycles. The number of hydrogen-bond donors (Lipinski definition) is 0. The molecule has 2 aromatic carbocycles. The smallest absolute Gasteiger partial charge is 0.373 e. The number of esters is 1. The number of benzene rings is 2. The largest absolute Gasteiger partial charge is 0.463 e. The molecule has 7 heteroatoms. The first kappa shape index (κ1) is 16.5. The summed E-state index contributed by atoms with van der Waals surface area (Å²) in [6.07, 6.45) is 1.37. The number of hydrogen-bond acceptors (Lipinski definition) is 5. The topological polar surface area (TPSA) is 78.7 Å². The maximum atomic E-state index is 11.8. The van der Waals surface area contributed by atoms with Crippen LogP contribution in [0.2, 0.25) is 5.02 Å². The molecule has 118 valence electrons. The third-order valence-electron chi connectivity index (χ3n) is 2.81. The van der Waals surface area contributed by atoms with Crippen molar-refractivity contribution >= 4 is 29.3 Å². The quantitative estimate of drug-likeness (QED) is 0.273. The van der Waals surface area contributed by atoms with Gasteiger partial charge in [-0.05, 0) is 35.9 Å². The molecule has 0 aromatic heterocycles. The Morgan fingerprint density at radius 2 is 1.91 bits per heavy atom. The fourth-order valence-corrected chi connectivity index (χ4v) is 1.87. The summed E-state index contributed by atoms with van der Waals surface area (Å²) in [6.45, 7) is 0. The highest BCUT2D eigenvalue weighted by Crippen LogP contribution is 2.21. The van der Waals surface area contributed by atoms with Crippen molar-refractivity contribution in [1.29, 1.82) is 0 Å². The van der Waals surface area contributed by atoms with Crippen LogP contribution < -0.4 is 4.74 Å². The molecule has 23 heavy (non-hydrogen) atoms. The van der Waals surface area contributed by atoms with Crippen LogP contribution in [0.15, 0.2) is 54.3 Å². The molecule has 6 nitrogen and oxygen atoms in total. The van der Waals surface area contributed by atoms with E-state index in [1.54, 1.807) is 30.3 Å². The van der Waals surface area contributed by atoms with Gasteiger partial charge in [0, 0.05) is 17.2 Å². The molecule has 0 fully saturated rings. The van der Waals surface area contributed by atoms with E-state index < -0.39 is 10.9 Å². The predicted octanol–water partition coefficient (Wildman–Crippen LogP) is 3.84. The first-order valence-corrected chi connectivity index (χ1v) is 6.85. The van der Waals surface area contributed by atoms with E-state index in [1.807, 2.05) is 0 Å². The van der Waals surface area contributed by atoms with Gasteiger partial charge in [-0.25, -0.2) is 4.79 Å². The Labute approximate surface area is 137 Å². The van der Waals surface area contributed by atoms with Crippen LogP contribution in [-0.4, -0.2) is 18.0 Å². The number of rotatable bonds is 5. The molecule has 0 spiro atoms. The monoisotopic (exact) mass is 333 g/mol. The van der Waals surface area contributed by atoms with E-state index in [-0.39, 0.29) is 11.4 Å². The van der Waals surface area contributed by atoms with E-state index in [4.69, 9.17) is 16.3 Å². The zero-order chi connectivity index (χ0) is 16.8. The molecule has 2 rings (SSSR count). The Kier molecular flexibility index (Phi) is 5.32. The summed E-state index contributed by atoms with van der Waals surface area (Å²) in [4.78, 5) is 22.1. The fraction of sp³-hybridized carbons (Fsp3) is 0.0625. The number of nitro groups is 1. The number of nitrogens with zero attached hydrogens (tertiary/aromatic N) is 1. The second-order valence-corrected chi connectivity index (χ2v) is 4.84. The van der Waals surface area contributed by atoms with Gasteiger partial charge >= 0.3 is 5.97 Å². The fourth-order valence-electron chi connectivity index (χ4n) is 1.74. The highest BCUT2D eigenvalue weighted by molar-refractivity contribution is 6.30. The van der Waals surface area contributed by atoms with Gasteiger partial charge in [-0.15, -0.1) is 0 Å². The SMILES string of the molecule is COC(=O)/C(=C/c1cccc([N+](=O)[O-])c1)Oc1ccc(Cl)cc1. The van der Waals surface area contributed by atoms with Crippen molar-refractivity contribution in [2.45, 2.75) is 0 Å². The van der Waals surface area contributed by atoms with Gasteiger partial charge in [0.1, 0.15) is 5.75 Å². The van der Waals surface area contributed by atoms with E-state index in [0.29, 0.717) is 16.3 Å². The number of methoxy groups -OCH3 is 1. The van der Waals surface area contributed by atoms with Crippen LogP contribution in [0.5, 0.6) is 5.75 Å². The Hall–Kier alpha value is -2.86. The highest BCUT2D eigenvalue weighted by Gasteiger charge is 2.14. The molecule has 0 radical (unpaired) electrons. The average molecular weight is 334 g/mol. The van der Waals surface area contributed by atoms with E-state index >= 15 is 0 Å². The second-order valence-electron chi connectivity index (χ2n) is 4.41. The first-order valence-electron chi connectivity index (χ1n) is 6.47. The number of halogens is 1.